The normalized spacial score (nSPS) is 58.1. The number of nitrogens with two attached hydrogens (primary N) is 1. The second kappa shape index (κ2) is 2.31. The Labute approximate surface area is 47.7 Å². The van der Waals surface area contributed by atoms with Gasteiger partial charge in [0, 0.05) is 8.76 Å². The van der Waals surface area contributed by atoms with Crippen LogP contribution in [-0.4, -0.2) is 6.02 Å². The van der Waals surface area contributed by atoms with Crippen molar-refractivity contribution in [2.75, 3.05) is 0 Å². The molecule has 0 saturated heterocycles. The molecule has 1 nitrogen and oxygen atoms in total. The largest absolute Gasteiger partial charge is 0.328 e. The maximum atomic E-state index is 7.41. The lowest BCUT2D eigenvalue weighted by atomic mass is 9.97. The summed E-state index contributed by atoms with van der Waals surface area (Å²) in [5, 5.41) is 0. The van der Waals surface area contributed by atoms with Crippen LogP contribution in [0.1, 0.15) is 34.8 Å². The molecule has 0 aromatic rings. The van der Waals surface area contributed by atoms with Crippen molar-refractivity contribution >= 4 is 0 Å². The van der Waals surface area contributed by atoms with Gasteiger partial charge in [-0.25, -0.2) is 0 Å². The van der Waals surface area contributed by atoms with Crippen molar-refractivity contribution in [3.05, 3.63) is 0 Å². The second-order valence-electron chi connectivity index (χ2n) is 2.02. The molecule has 0 amide bonds. The molecule has 1 rings (SSSR count). The van der Waals surface area contributed by atoms with Gasteiger partial charge in [-0.3, -0.25) is 0 Å². The van der Waals surface area contributed by atoms with Crippen molar-refractivity contribution in [2.24, 2.45) is 5.73 Å². The summed E-state index contributed by atoms with van der Waals surface area (Å²) in [6.45, 7) is 0. The Morgan fingerprint density at radius 1 is 1.57 bits per heavy atom. The summed E-state index contributed by atoms with van der Waals surface area (Å²) in [4.78, 5) is 0. The fourth-order valence-corrected chi connectivity index (χ4v) is 0.844. The first kappa shape index (κ1) is 3.08. The highest BCUT2D eigenvalue weighted by atomic mass is 14.6. The Balaban J connectivity index is 2.35. The van der Waals surface area contributed by atoms with E-state index in [0.29, 0.717) is 12.8 Å². The molecule has 42 valence electrons. The zero-order chi connectivity index (χ0) is 6.91. The molecular formula is C6H13N. The lowest BCUT2D eigenvalue weighted by Crippen LogP contribution is -2.22. The third-order valence-corrected chi connectivity index (χ3v) is 1.34. The Bertz CT molecular complexity index is 93.2. The molecule has 1 aliphatic carbocycles. The van der Waals surface area contributed by atoms with Crippen LogP contribution in [0.5, 0.6) is 0 Å². The third-order valence-electron chi connectivity index (χ3n) is 1.34. The van der Waals surface area contributed by atoms with Crippen LogP contribution < -0.4 is 5.73 Å². The van der Waals surface area contributed by atoms with Gasteiger partial charge in [-0.2, -0.15) is 0 Å². The minimum absolute atomic E-state index is 0.0482. The molecule has 2 N–H and O–H groups in total. The smallest absolute Gasteiger partial charge is 0.0462 e. The zero-order valence-corrected chi connectivity index (χ0v) is 4.48. The molecule has 1 aliphatic rings. The van der Waals surface area contributed by atoms with Gasteiger partial charge in [-0.1, -0.05) is 19.2 Å². The molecule has 1 heteroatoms. The van der Waals surface area contributed by atoms with E-state index < -0.39 is 6.02 Å². The SMILES string of the molecule is [2H]C1CCC([2H])(N)CC1. The van der Waals surface area contributed by atoms with Gasteiger partial charge in [0.1, 0.15) is 0 Å². The number of hydrogen-bond donors (Lipinski definition) is 1. The zero-order valence-electron chi connectivity index (χ0n) is 6.48. The van der Waals surface area contributed by atoms with Crippen LogP contribution in [0.25, 0.3) is 0 Å². The van der Waals surface area contributed by atoms with E-state index in [0.717, 1.165) is 12.8 Å². The van der Waals surface area contributed by atoms with Crippen LogP contribution in [0.15, 0.2) is 0 Å². The molecule has 0 aromatic carbocycles. The molecule has 0 heterocycles. The van der Waals surface area contributed by atoms with Crippen LogP contribution in [0.3, 0.4) is 0 Å². The standard InChI is InChI=1S/C6H13N/c7-6-4-2-1-3-5-6/h6H,1-5,7H2/i1D,6D. The van der Waals surface area contributed by atoms with Crippen molar-refractivity contribution in [2.45, 2.75) is 38.1 Å². The van der Waals surface area contributed by atoms with E-state index in [4.69, 9.17) is 8.48 Å². The van der Waals surface area contributed by atoms with Crippen molar-refractivity contribution in [1.82, 2.24) is 0 Å². The molecule has 0 bridgehead atoms. The highest BCUT2D eigenvalue weighted by Gasteiger charge is 2.06. The van der Waals surface area contributed by atoms with E-state index in [1.807, 2.05) is 0 Å². The molecule has 0 radical (unpaired) electrons. The number of hydrogen-bond acceptors (Lipinski definition) is 1. The molecule has 1 saturated carbocycles. The summed E-state index contributed by atoms with van der Waals surface area (Å²) in [5.74, 6) is 0. The van der Waals surface area contributed by atoms with Crippen molar-refractivity contribution in [3.63, 3.8) is 0 Å². The Morgan fingerprint density at radius 3 is 2.57 bits per heavy atom. The maximum absolute atomic E-state index is 7.41. The van der Waals surface area contributed by atoms with E-state index in [2.05, 4.69) is 0 Å². The highest BCUT2D eigenvalue weighted by molar-refractivity contribution is 4.66. The van der Waals surface area contributed by atoms with Gasteiger partial charge in [0.25, 0.3) is 0 Å². The minimum atomic E-state index is -0.711. The first-order valence-electron chi connectivity index (χ1n) is 3.89. The molecule has 0 aliphatic heterocycles. The maximum Gasteiger partial charge on any atom is 0.0462 e. The van der Waals surface area contributed by atoms with Gasteiger partial charge in [0.15, 0.2) is 0 Å². The van der Waals surface area contributed by atoms with Gasteiger partial charge in [-0.15, -0.1) is 0 Å². The molecule has 0 atom stereocenters. The van der Waals surface area contributed by atoms with Crippen LogP contribution in [-0.2, 0) is 0 Å². The van der Waals surface area contributed by atoms with Crippen molar-refractivity contribution < 1.29 is 2.74 Å². The lowest BCUT2D eigenvalue weighted by molar-refractivity contribution is 0.441. The van der Waals surface area contributed by atoms with Gasteiger partial charge >= 0.3 is 0 Å². The fraction of sp³-hybridized carbons (Fsp3) is 1.00. The summed E-state index contributed by atoms with van der Waals surface area (Å²) in [5.41, 5.74) is 5.52. The second-order valence-corrected chi connectivity index (χ2v) is 2.02. The molecule has 0 spiro atoms. The van der Waals surface area contributed by atoms with E-state index in [1.54, 1.807) is 0 Å². The summed E-state index contributed by atoms with van der Waals surface area (Å²) < 4.78 is 14.7. The van der Waals surface area contributed by atoms with Crippen molar-refractivity contribution in [1.29, 1.82) is 0 Å². The number of rotatable bonds is 0. The predicted octanol–water partition coefficient (Wildman–Crippen LogP) is 1.28. The van der Waals surface area contributed by atoms with E-state index >= 15 is 0 Å². The quantitative estimate of drug-likeness (QED) is 0.488. The summed E-state index contributed by atoms with van der Waals surface area (Å²) >= 11 is 0. The van der Waals surface area contributed by atoms with E-state index in [9.17, 15) is 0 Å². The average Bonchev–Trinajstić information content (AvgIpc) is 1.78. The van der Waals surface area contributed by atoms with Gasteiger partial charge in [-0.05, 0) is 12.8 Å². The Hall–Kier alpha value is -0.0400. The highest BCUT2D eigenvalue weighted by Crippen LogP contribution is 2.14. The van der Waals surface area contributed by atoms with Gasteiger partial charge < -0.3 is 5.73 Å². The molecular weight excluding hydrogens is 86.1 g/mol. The van der Waals surface area contributed by atoms with Crippen LogP contribution in [0.2, 0.25) is 0 Å². The van der Waals surface area contributed by atoms with E-state index in [-0.39, 0.29) is 6.40 Å². The average molecular weight is 101 g/mol. The molecule has 0 aromatic heterocycles. The van der Waals surface area contributed by atoms with Gasteiger partial charge in [0.05, 0.1) is 0 Å². The first-order chi connectivity index (χ1) is 4.10. The fourth-order valence-electron chi connectivity index (χ4n) is 0.844. The molecule has 1 fully saturated rings. The molecule has 0 unspecified atom stereocenters. The summed E-state index contributed by atoms with van der Waals surface area (Å²) in [7, 11) is 0. The molecule has 7 heavy (non-hydrogen) atoms. The van der Waals surface area contributed by atoms with Crippen molar-refractivity contribution in [3.8, 4) is 0 Å². The van der Waals surface area contributed by atoms with E-state index in [1.165, 1.54) is 0 Å². The lowest BCUT2D eigenvalue weighted by Gasteiger charge is -2.15. The minimum Gasteiger partial charge on any atom is -0.328 e. The Kier molecular flexibility index (Phi) is 1.02. The first-order valence-corrected chi connectivity index (χ1v) is 2.81. The topological polar surface area (TPSA) is 26.0 Å². The van der Waals surface area contributed by atoms with Gasteiger partial charge in [0.2, 0.25) is 0 Å². The predicted molar refractivity (Wildman–Crippen MR) is 31.1 cm³/mol. The summed E-state index contributed by atoms with van der Waals surface area (Å²) in [6, 6.07) is -0.711. The third kappa shape index (κ3) is 1.48. The monoisotopic (exact) mass is 101 g/mol. The van der Waals surface area contributed by atoms with Crippen LogP contribution in [0, 0.1) is 0 Å². The van der Waals surface area contributed by atoms with Crippen LogP contribution >= 0.6 is 0 Å². The Morgan fingerprint density at radius 2 is 2.14 bits per heavy atom. The van der Waals surface area contributed by atoms with Crippen LogP contribution in [0.4, 0.5) is 0 Å². The summed E-state index contributed by atoms with van der Waals surface area (Å²) in [6.07, 6.45) is 3.05.